The van der Waals surface area contributed by atoms with Crippen molar-refractivity contribution in [3.05, 3.63) is 38.7 Å². The molecule has 2 nitrogen and oxygen atoms in total. The largest absolute Gasteiger partial charge is 0.347 e. The zero-order chi connectivity index (χ0) is 11.9. The van der Waals surface area contributed by atoms with E-state index in [2.05, 4.69) is 37.0 Å². The Bertz CT molecular complexity index is 556. The Morgan fingerprint density at radius 2 is 1.62 bits per heavy atom. The molecule has 0 aliphatic carbocycles. The van der Waals surface area contributed by atoms with Crippen LogP contribution in [0.25, 0.3) is 11.3 Å². The molecule has 1 aromatic heterocycles. The van der Waals surface area contributed by atoms with E-state index >= 15 is 0 Å². The first-order valence-electron chi connectivity index (χ1n) is 3.96. The molecule has 0 spiro atoms. The summed E-state index contributed by atoms with van der Waals surface area (Å²) in [5.41, 5.74) is -0.122. The standard InChI is InChI=1S/C9H2Br2F3NO/c10-7-8(15-16-9(7)11)3-1-5(13)6(14)2-4(3)12/h1-2H. The second kappa shape index (κ2) is 4.21. The SMILES string of the molecule is Fc1cc(F)c(-c2noc(Br)c2Br)cc1F. The van der Waals surface area contributed by atoms with Crippen LogP contribution in [0.5, 0.6) is 0 Å². The van der Waals surface area contributed by atoms with Crippen molar-refractivity contribution in [1.29, 1.82) is 0 Å². The van der Waals surface area contributed by atoms with Gasteiger partial charge in [-0.05, 0) is 37.9 Å². The van der Waals surface area contributed by atoms with Crippen LogP contribution in [0, 0.1) is 17.5 Å². The summed E-state index contributed by atoms with van der Waals surface area (Å²) in [4.78, 5) is 0. The molecule has 0 atom stereocenters. The van der Waals surface area contributed by atoms with E-state index in [0.717, 1.165) is 6.07 Å². The molecule has 0 bridgehead atoms. The number of nitrogens with zero attached hydrogens (tertiary/aromatic N) is 1. The number of aromatic nitrogens is 1. The summed E-state index contributed by atoms with van der Waals surface area (Å²) in [6, 6.07) is 1.18. The molecular weight excluding hydrogens is 355 g/mol. The molecule has 84 valence electrons. The Morgan fingerprint density at radius 1 is 1.00 bits per heavy atom. The van der Waals surface area contributed by atoms with Gasteiger partial charge < -0.3 is 4.52 Å². The first-order chi connectivity index (χ1) is 7.50. The molecule has 0 aliphatic heterocycles. The molecule has 0 aliphatic rings. The second-order valence-electron chi connectivity index (χ2n) is 2.87. The van der Waals surface area contributed by atoms with Crippen LogP contribution in [0.1, 0.15) is 0 Å². The molecule has 16 heavy (non-hydrogen) atoms. The average Bonchev–Trinajstić information content (AvgIpc) is 2.54. The normalized spacial score (nSPS) is 10.8. The molecule has 0 N–H and O–H groups in total. The van der Waals surface area contributed by atoms with Crippen molar-refractivity contribution in [2.45, 2.75) is 0 Å². The molecule has 0 amide bonds. The third-order valence-corrected chi connectivity index (χ3v) is 3.67. The Balaban J connectivity index is 2.65. The highest BCUT2D eigenvalue weighted by Crippen LogP contribution is 2.35. The van der Waals surface area contributed by atoms with E-state index in [0.29, 0.717) is 10.5 Å². The van der Waals surface area contributed by atoms with Crippen molar-refractivity contribution in [2.24, 2.45) is 0 Å². The van der Waals surface area contributed by atoms with E-state index in [4.69, 9.17) is 4.52 Å². The third-order valence-electron chi connectivity index (χ3n) is 1.86. The van der Waals surface area contributed by atoms with Crippen molar-refractivity contribution in [2.75, 3.05) is 0 Å². The molecule has 1 heterocycles. The zero-order valence-electron chi connectivity index (χ0n) is 7.40. The first-order valence-corrected chi connectivity index (χ1v) is 5.55. The molecular formula is C9H2Br2F3NO. The number of halogens is 5. The van der Waals surface area contributed by atoms with Crippen LogP contribution in [-0.2, 0) is 0 Å². The average molecular weight is 357 g/mol. The molecule has 7 heteroatoms. The van der Waals surface area contributed by atoms with E-state index in [1.807, 2.05) is 0 Å². The smallest absolute Gasteiger partial charge is 0.216 e. The van der Waals surface area contributed by atoms with Gasteiger partial charge in [-0.2, -0.15) is 0 Å². The zero-order valence-corrected chi connectivity index (χ0v) is 10.6. The summed E-state index contributed by atoms with van der Waals surface area (Å²) < 4.78 is 44.3. The van der Waals surface area contributed by atoms with Crippen molar-refractivity contribution in [3.8, 4) is 11.3 Å². The van der Waals surface area contributed by atoms with Gasteiger partial charge in [0.05, 0.1) is 0 Å². The van der Waals surface area contributed by atoms with Crippen molar-refractivity contribution in [1.82, 2.24) is 5.16 Å². The van der Waals surface area contributed by atoms with Gasteiger partial charge in [-0.25, -0.2) is 13.2 Å². The summed E-state index contributed by atoms with van der Waals surface area (Å²) in [6.45, 7) is 0. The summed E-state index contributed by atoms with van der Waals surface area (Å²) in [7, 11) is 0. The highest BCUT2D eigenvalue weighted by atomic mass is 79.9. The van der Waals surface area contributed by atoms with Gasteiger partial charge >= 0.3 is 0 Å². The molecule has 0 saturated heterocycles. The van der Waals surface area contributed by atoms with Gasteiger partial charge in [0.1, 0.15) is 16.0 Å². The van der Waals surface area contributed by atoms with Crippen LogP contribution in [0.15, 0.2) is 25.8 Å². The Labute approximate surface area is 105 Å². The summed E-state index contributed by atoms with van der Waals surface area (Å²) >= 11 is 6.08. The maximum atomic E-state index is 13.4. The van der Waals surface area contributed by atoms with Gasteiger partial charge in [-0.15, -0.1) is 0 Å². The molecule has 2 aromatic rings. The predicted molar refractivity (Wildman–Crippen MR) is 57.2 cm³/mol. The topological polar surface area (TPSA) is 26.0 Å². The van der Waals surface area contributed by atoms with Crippen LogP contribution in [-0.4, -0.2) is 5.16 Å². The molecule has 0 radical (unpaired) electrons. The lowest BCUT2D eigenvalue weighted by atomic mass is 10.1. The minimum absolute atomic E-state index is 0.0586. The number of hydrogen-bond donors (Lipinski definition) is 0. The fraction of sp³-hybridized carbons (Fsp3) is 0. The molecule has 1 aromatic carbocycles. The number of hydrogen-bond acceptors (Lipinski definition) is 2. The molecule has 0 unspecified atom stereocenters. The molecule has 2 rings (SSSR count). The van der Waals surface area contributed by atoms with E-state index < -0.39 is 17.5 Å². The maximum absolute atomic E-state index is 13.4. The monoisotopic (exact) mass is 355 g/mol. The molecule has 0 fully saturated rings. The lowest BCUT2D eigenvalue weighted by Gasteiger charge is -2.00. The van der Waals surface area contributed by atoms with E-state index in [1.54, 1.807) is 0 Å². The van der Waals surface area contributed by atoms with E-state index in [1.165, 1.54) is 0 Å². The number of rotatable bonds is 1. The van der Waals surface area contributed by atoms with Crippen LogP contribution in [0.3, 0.4) is 0 Å². The quantitative estimate of drug-likeness (QED) is 0.712. The van der Waals surface area contributed by atoms with Crippen molar-refractivity contribution >= 4 is 31.9 Å². The fourth-order valence-electron chi connectivity index (χ4n) is 1.13. The predicted octanol–water partition coefficient (Wildman–Crippen LogP) is 4.28. The minimum Gasteiger partial charge on any atom is -0.347 e. The fourth-order valence-corrected chi connectivity index (χ4v) is 1.75. The summed E-state index contributed by atoms with van der Waals surface area (Å²) in [5.74, 6) is -3.32. The maximum Gasteiger partial charge on any atom is 0.216 e. The second-order valence-corrected chi connectivity index (χ2v) is 4.38. The highest BCUT2D eigenvalue weighted by Gasteiger charge is 2.19. The summed E-state index contributed by atoms with van der Waals surface area (Å²) in [6.07, 6.45) is 0. The van der Waals surface area contributed by atoms with Crippen LogP contribution in [0.4, 0.5) is 13.2 Å². The van der Waals surface area contributed by atoms with Gasteiger partial charge in [0.2, 0.25) is 4.67 Å². The van der Waals surface area contributed by atoms with Crippen molar-refractivity contribution in [3.63, 3.8) is 0 Å². The van der Waals surface area contributed by atoms with Gasteiger partial charge in [-0.1, -0.05) is 5.16 Å². The Morgan fingerprint density at radius 3 is 2.19 bits per heavy atom. The Hall–Kier alpha value is -0.820. The van der Waals surface area contributed by atoms with Crippen LogP contribution in [0.2, 0.25) is 0 Å². The van der Waals surface area contributed by atoms with E-state index in [-0.39, 0.29) is 15.9 Å². The van der Waals surface area contributed by atoms with E-state index in [9.17, 15) is 13.2 Å². The van der Waals surface area contributed by atoms with Gasteiger partial charge in [-0.3, -0.25) is 0 Å². The third kappa shape index (κ3) is 1.89. The van der Waals surface area contributed by atoms with Gasteiger partial charge in [0.25, 0.3) is 0 Å². The van der Waals surface area contributed by atoms with Gasteiger partial charge in [0, 0.05) is 11.6 Å². The lowest BCUT2D eigenvalue weighted by molar-refractivity contribution is 0.401. The Kier molecular flexibility index (Phi) is 3.07. The minimum atomic E-state index is -1.25. The first kappa shape index (κ1) is 11.7. The molecule has 0 saturated carbocycles. The van der Waals surface area contributed by atoms with Crippen LogP contribution < -0.4 is 0 Å². The number of benzene rings is 1. The summed E-state index contributed by atoms with van der Waals surface area (Å²) in [5, 5.41) is 3.52. The van der Waals surface area contributed by atoms with Crippen LogP contribution >= 0.6 is 31.9 Å². The van der Waals surface area contributed by atoms with Gasteiger partial charge in [0.15, 0.2) is 11.6 Å². The van der Waals surface area contributed by atoms with Crippen molar-refractivity contribution < 1.29 is 17.7 Å². The lowest BCUT2D eigenvalue weighted by Crippen LogP contribution is -1.91. The highest BCUT2D eigenvalue weighted by molar-refractivity contribution is 9.13.